The third-order valence-corrected chi connectivity index (χ3v) is 4.14. The average Bonchev–Trinajstić information content (AvgIpc) is 2.57. The Kier molecular flexibility index (Phi) is 6.23. The molecule has 3 aromatic rings. The fourth-order valence-electron chi connectivity index (χ4n) is 2.04. The highest BCUT2D eigenvalue weighted by Crippen LogP contribution is 2.08. The second-order valence-electron chi connectivity index (χ2n) is 5.30. The van der Waals surface area contributed by atoms with Crippen molar-refractivity contribution in [3.63, 3.8) is 0 Å². The first kappa shape index (κ1) is 17.8. The summed E-state index contributed by atoms with van der Waals surface area (Å²) in [7, 11) is -4.27. The van der Waals surface area contributed by atoms with E-state index in [0.717, 1.165) is 12.1 Å². The maximum absolute atomic E-state index is 10.4. The summed E-state index contributed by atoms with van der Waals surface area (Å²) in [5.41, 5.74) is 2.26. The monoisotopic (exact) mass is 341 g/mol. The fraction of sp³-hybridized carbons (Fsp3) is 0.105. The van der Waals surface area contributed by atoms with E-state index in [1.54, 1.807) is 12.1 Å². The lowest BCUT2D eigenvalue weighted by Gasteiger charge is -2.05. The SMILES string of the molecule is Cc1ccc(S(=O)(=O)[O-])cc1.c1ccc(C[n+]2ccccc2)cc1. The van der Waals surface area contributed by atoms with E-state index in [9.17, 15) is 13.0 Å². The molecule has 5 heteroatoms. The first-order chi connectivity index (χ1) is 11.4. The largest absolute Gasteiger partial charge is 0.744 e. The zero-order valence-electron chi connectivity index (χ0n) is 13.4. The molecule has 0 radical (unpaired) electrons. The molecule has 2 aromatic carbocycles. The van der Waals surface area contributed by atoms with Crippen molar-refractivity contribution < 1.29 is 17.5 Å². The van der Waals surface area contributed by atoms with Gasteiger partial charge in [-0.05, 0) is 19.1 Å². The Balaban J connectivity index is 0.000000177. The lowest BCUT2D eigenvalue weighted by Crippen LogP contribution is -2.32. The summed E-state index contributed by atoms with van der Waals surface area (Å²) in [5.74, 6) is 0. The molecule has 0 amide bonds. The van der Waals surface area contributed by atoms with Gasteiger partial charge in [0.15, 0.2) is 18.9 Å². The third-order valence-electron chi connectivity index (χ3n) is 3.29. The van der Waals surface area contributed by atoms with Crippen LogP contribution in [0.4, 0.5) is 0 Å². The van der Waals surface area contributed by atoms with Crippen LogP contribution in [0.15, 0.2) is 90.1 Å². The van der Waals surface area contributed by atoms with Crippen LogP contribution in [0.3, 0.4) is 0 Å². The maximum Gasteiger partial charge on any atom is 0.173 e. The first-order valence-corrected chi connectivity index (χ1v) is 8.86. The van der Waals surface area contributed by atoms with Gasteiger partial charge in [-0.15, -0.1) is 0 Å². The van der Waals surface area contributed by atoms with Gasteiger partial charge in [-0.3, -0.25) is 0 Å². The van der Waals surface area contributed by atoms with Crippen molar-refractivity contribution in [3.05, 3.63) is 96.3 Å². The van der Waals surface area contributed by atoms with E-state index in [2.05, 4.69) is 41.2 Å². The standard InChI is InChI=1S/C12H12N.C7H8O3S/c1-3-7-12(8-4-1)11-13-9-5-2-6-10-13;1-6-2-4-7(5-3-6)11(8,9)10/h1-10H,11H2;2-5H,1H3,(H,8,9,10)/q+1;/p-1. The van der Waals surface area contributed by atoms with E-state index in [0.29, 0.717) is 0 Å². The molecule has 0 aliphatic rings. The van der Waals surface area contributed by atoms with E-state index < -0.39 is 10.1 Å². The highest BCUT2D eigenvalue weighted by Gasteiger charge is 1.99. The molecule has 0 unspecified atom stereocenters. The Bertz CT molecular complexity index is 809. The molecule has 0 saturated carbocycles. The summed E-state index contributed by atoms with van der Waals surface area (Å²) < 4.78 is 33.3. The van der Waals surface area contributed by atoms with Gasteiger partial charge in [0.2, 0.25) is 0 Å². The van der Waals surface area contributed by atoms with Crippen LogP contribution >= 0.6 is 0 Å². The minimum absolute atomic E-state index is 0.178. The van der Waals surface area contributed by atoms with Gasteiger partial charge in [-0.25, -0.2) is 13.0 Å². The molecule has 3 rings (SSSR count). The molecule has 0 aliphatic carbocycles. The summed E-state index contributed by atoms with van der Waals surface area (Å²) in [6.07, 6.45) is 4.15. The predicted octanol–water partition coefficient (Wildman–Crippen LogP) is 2.92. The minimum Gasteiger partial charge on any atom is -0.744 e. The van der Waals surface area contributed by atoms with Crippen LogP contribution < -0.4 is 4.57 Å². The Labute approximate surface area is 142 Å². The van der Waals surface area contributed by atoms with Crippen molar-refractivity contribution in [2.75, 3.05) is 0 Å². The van der Waals surface area contributed by atoms with Gasteiger partial charge in [-0.1, -0.05) is 54.1 Å². The molecule has 0 aliphatic heterocycles. The van der Waals surface area contributed by atoms with E-state index in [1.165, 1.54) is 17.7 Å². The number of hydrogen-bond acceptors (Lipinski definition) is 3. The predicted molar refractivity (Wildman–Crippen MR) is 91.3 cm³/mol. The van der Waals surface area contributed by atoms with Crippen LogP contribution in [0.1, 0.15) is 11.1 Å². The van der Waals surface area contributed by atoms with Gasteiger partial charge in [0.1, 0.15) is 10.1 Å². The molecule has 24 heavy (non-hydrogen) atoms. The van der Waals surface area contributed by atoms with Crippen LogP contribution in [-0.2, 0) is 16.7 Å². The van der Waals surface area contributed by atoms with Gasteiger partial charge in [0.05, 0.1) is 4.90 Å². The number of pyridine rings is 1. The van der Waals surface area contributed by atoms with E-state index in [-0.39, 0.29) is 4.90 Å². The lowest BCUT2D eigenvalue weighted by atomic mass is 10.2. The van der Waals surface area contributed by atoms with Crippen molar-refractivity contribution in [1.82, 2.24) is 0 Å². The number of aromatic nitrogens is 1. The second-order valence-corrected chi connectivity index (χ2v) is 6.68. The highest BCUT2D eigenvalue weighted by atomic mass is 32.2. The van der Waals surface area contributed by atoms with Gasteiger partial charge in [0, 0.05) is 17.7 Å². The summed E-state index contributed by atoms with van der Waals surface area (Å²) in [6.45, 7) is 2.77. The average molecular weight is 341 g/mol. The van der Waals surface area contributed by atoms with Gasteiger partial charge in [-0.2, -0.15) is 0 Å². The van der Waals surface area contributed by atoms with E-state index in [1.807, 2.05) is 31.2 Å². The molecule has 0 atom stereocenters. The van der Waals surface area contributed by atoms with Gasteiger partial charge < -0.3 is 4.55 Å². The Hall–Kier alpha value is -2.50. The number of benzene rings is 2. The van der Waals surface area contributed by atoms with E-state index >= 15 is 0 Å². The highest BCUT2D eigenvalue weighted by molar-refractivity contribution is 7.85. The number of nitrogens with zero attached hydrogens (tertiary/aromatic N) is 1. The maximum atomic E-state index is 10.4. The van der Waals surface area contributed by atoms with E-state index in [4.69, 9.17) is 0 Å². The van der Waals surface area contributed by atoms with Crippen LogP contribution in [0, 0.1) is 6.92 Å². The molecule has 1 aromatic heterocycles. The first-order valence-electron chi connectivity index (χ1n) is 7.46. The smallest absolute Gasteiger partial charge is 0.173 e. The summed E-state index contributed by atoms with van der Waals surface area (Å²) in [6, 6.07) is 22.4. The quantitative estimate of drug-likeness (QED) is 0.543. The second kappa shape index (κ2) is 8.38. The fourth-order valence-corrected chi connectivity index (χ4v) is 2.51. The zero-order chi connectivity index (χ0) is 17.4. The molecule has 0 N–H and O–H groups in total. The zero-order valence-corrected chi connectivity index (χ0v) is 14.2. The Morgan fingerprint density at radius 2 is 1.38 bits per heavy atom. The number of hydrogen-bond donors (Lipinski definition) is 0. The third kappa shape index (κ3) is 5.95. The number of aryl methyl sites for hydroxylation is 1. The molecular formula is C19H19NO3S. The lowest BCUT2D eigenvalue weighted by molar-refractivity contribution is -0.688. The molecule has 0 spiro atoms. The molecule has 0 fully saturated rings. The molecular weight excluding hydrogens is 322 g/mol. The number of rotatable bonds is 3. The minimum atomic E-state index is -4.27. The molecule has 0 saturated heterocycles. The van der Waals surface area contributed by atoms with Crippen LogP contribution in [0.25, 0.3) is 0 Å². The Morgan fingerprint density at radius 1 is 0.833 bits per heavy atom. The normalized spacial score (nSPS) is 10.6. The van der Waals surface area contributed by atoms with Crippen LogP contribution in [-0.4, -0.2) is 13.0 Å². The van der Waals surface area contributed by atoms with Crippen LogP contribution in [0.5, 0.6) is 0 Å². The molecule has 124 valence electrons. The summed E-state index contributed by atoms with van der Waals surface area (Å²) in [5, 5.41) is 0. The Morgan fingerprint density at radius 3 is 1.92 bits per heavy atom. The summed E-state index contributed by atoms with van der Waals surface area (Å²) in [4.78, 5) is -0.178. The van der Waals surface area contributed by atoms with Crippen LogP contribution in [0.2, 0.25) is 0 Å². The van der Waals surface area contributed by atoms with Crippen molar-refractivity contribution in [3.8, 4) is 0 Å². The van der Waals surface area contributed by atoms with Crippen molar-refractivity contribution >= 4 is 10.1 Å². The molecule has 0 bridgehead atoms. The van der Waals surface area contributed by atoms with Gasteiger partial charge in [0.25, 0.3) is 0 Å². The van der Waals surface area contributed by atoms with Gasteiger partial charge >= 0.3 is 0 Å². The summed E-state index contributed by atoms with van der Waals surface area (Å²) >= 11 is 0. The molecule has 1 heterocycles. The van der Waals surface area contributed by atoms with Crippen molar-refractivity contribution in [1.29, 1.82) is 0 Å². The van der Waals surface area contributed by atoms with Crippen molar-refractivity contribution in [2.45, 2.75) is 18.4 Å². The molecule has 4 nitrogen and oxygen atoms in total. The topological polar surface area (TPSA) is 61.1 Å². The van der Waals surface area contributed by atoms with Crippen molar-refractivity contribution in [2.24, 2.45) is 0 Å².